The lowest BCUT2D eigenvalue weighted by Crippen LogP contribution is -2.48. The standard InChI is InChI=1S/C20H32O/c1-5-20(4)11-10-17-16-9-7-15(21)12-14(16)6-8-18(17)19(20)13(2)3/h12-13,16-19H,5-11H2,1-4H3. The maximum absolute atomic E-state index is 11.7. The normalized spacial score (nSPS) is 43.3. The zero-order chi connectivity index (χ0) is 15.2. The summed E-state index contributed by atoms with van der Waals surface area (Å²) in [5.74, 6) is 4.56. The first kappa shape index (κ1) is 15.3. The van der Waals surface area contributed by atoms with Gasteiger partial charge in [0.15, 0.2) is 5.78 Å². The van der Waals surface area contributed by atoms with Gasteiger partial charge in [0.25, 0.3) is 0 Å². The summed E-state index contributed by atoms with van der Waals surface area (Å²) in [5.41, 5.74) is 2.05. The Labute approximate surface area is 130 Å². The molecular weight excluding hydrogens is 256 g/mol. The first-order valence-corrected chi connectivity index (χ1v) is 9.19. The Kier molecular flexibility index (Phi) is 4.05. The molecule has 5 atom stereocenters. The van der Waals surface area contributed by atoms with E-state index >= 15 is 0 Å². The van der Waals surface area contributed by atoms with Crippen LogP contribution in [-0.2, 0) is 4.79 Å². The predicted molar refractivity (Wildman–Crippen MR) is 88.0 cm³/mol. The first-order valence-electron chi connectivity index (χ1n) is 9.19. The van der Waals surface area contributed by atoms with Crippen molar-refractivity contribution in [3.63, 3.8) is 0 Å². The Morgan fingerprint density at radius 1 is 1.19 bits per heavy atom. The molecule has 0 radical (unpaired) electrons. The van der Waals surface area contributed by atoms with Crippen molar-refractivity contribution in [3.8, 4) is 0 Å². The third kappa shape index (κ3) is 2.51. The smallest absolute Gasteiger partial charge is 0.155 e. The van der Waals surface area contributed by atoms with E-state index in [1.807, 2.05) is 6.08 Å². The van der Waals surface area contributed by atoms with Gasteiger partial charge in [-0.05, 0) is 73.2 Å². The molecule has 0 aromatic rings. The minimum Gasteiger partial charge on any atom is -0.295 e. The fourth-order valence-electron chi connectivity index (χ4n) is 6.21. The van der Waals surface area contributed by atoms with Gasteiger partial charge in [-0.15, -0.1) is 0 Å². The zero-order valence-corrected chi connectivity index (χ0v) is 14.3. The van der Waals surface area contributed by atoms with Crippen molar-refractivity contribution in [2.45, 2.75) is 72.6 Å². The van der Waals surface area contributed by atoms with Crippen LogP contribution in [0.5, 0.6) is 0 Å². The number of ketones is 1. The summed E-state index contributed by atoms with van der Waals surface area (Å²) in [5, 5.41) is 0. The molecule has 0 heterocycles. The minimum absolute atomic E-state index is 0.384. The molecule has 2 fully saturated rings. The Hall–Kier alpha value is -0.590. The van der Waals surface area contributed by atoms with Gasteiger partial charge in [-0.25, -0.2) is 0 Å². The van der Waals surface area contributed by atoms with Gasteiger partial charge in [0.05, 0.1) is 0 Å². The molecule has 2 saturated carbocycles. The van der Waals surface area contributed by atoms with Crippen LogP contribution in [0.25, 0.3) is 0 Å². The van der Waals surface area contributed by atoms with Crippen LogP contribution in [0.15, 0.2) is 11.6 Å². The summed E-state index contributed by atoms with van der Waals surface area (Å²) in [6.07, 6.45) is 10.6. The number of rotatable bonds is 2. The maximum atomic E-state index is 11.7. The summed E-state index contributed by atoms with van der Waals surface area (Å²) in [7, 11) is 0. The fourth-order valence-corrected chi connectivity index (χ4v) is 6.21. The SMILES string of the molecule is CCC1(C)CCC2C3CCC(=O)C=C3CCC2C1C(C)C. The van der Waals surface area contributed by atoms with Crippen LogP contribution in [0.3, 0.4) is 0 Å². The number of carbonyl (C=O) groups excluding carboxylic acids is 1. The zero-order valence-electron chi connectivity index (χ0n) is 14.3. The van der Waals surface area contributed by atoms with E-state index in [-0.39, 0.29) is 0 Å². The molecule has 118 valence electrons. The van der Waals surface area contributed by atoms with E-state index in [1.165, 1.54) is 37.7 Å². The van der Waals surface area contributed by atoms with E-state index in [9.17, 15) is 4.79 Å². The van der Waals surface area contributed by atoms with Crippen LogP contribution in [0.4, 0.5) is 0 Å². The van der Waals surface area contributed by atoms with Gasteiger partial charge in [0, 0.05) is 6.42 Å². The second-order valence-electron chi connectivity index (χ2n) is 8.51. The van der Waals surface area contributed by atoms with Crippen molar-refractivity contribution in [1.29, 1.82) is 0 Å². The molecule has 0 N–H and O–H groups in total. The van der Waals surface area contributed by atoms with Crippen molar-refractivity contribution < 1.29 is 4.79 Å². The highest BCUT2D eigenvalue weighted by Gasteiger charge is 2.50. The average molecular weight is 288 g/mol. The highest BCUT2D eigenvalue weighted by atomic mass is 16.1. The van der Waals surface area contributed by atoms with Gasteiger partial charge in [-0.2, -0.15) is 0 Å². The number of allylic oxidation sites excluding steroid dienone is 2. The lowest BCUT2D eigenvalue weighted by Gasteiger charge is -2.56. The minimum atomic E-state index is 0.384. The van der Waals surface area contributed by atoms with Gasteiger partial charge in [-0.3, -0.25) is 4.79 Å². The second-order valence-corrected chi connectivity index (χ2v) is 8.51. The predicted octanol–water partition coefficient (Wildman–Crippen LogP) is 5.40. The topological polar surface area (TPSA) is 17.1 Å². The van der Waals surface area contributed by atoms with Gasteiger partial charge < -0.3 is 0 Å². The molecule has 0 aromatic carbocycles. The lowest BCUT2D eigenvalue weighted by molar-refractivity contribution is -0.116. The molecule has 3 aliphatic rings. The Bertz CT molecular complexity index is 447. The monoisotopic (exact) mass is 288 g/mol. The average Bonchev–Trinajstić information content (AvgIpc) is 2.45. The molecule has 3 aliphatic carbocycles. The molecule has 5 unspecified atom stereocenters. The molecule has 0 amide bonds. The Morgan fingerprint density at radius 3 is 2.62 bits per heavy atom. The molecule has 1 nitrogen and oxygen atoms in total. The van der Waals surface area contributed by atoms with Crippen molar-refractivity contribution in [2.75, 3.05) is 0 Å². The second kappa shape index (κ2) is 5.56. The molecule has 21 heavy (non-hydrogen) atoms. The summed E-state index contributed by atoms with van der Waals surface area (Å²) in [6.45, 7) is 9.82. The van der Waals surface area contributed by atoms with Crippen LogP contribution in [0, 0.1) is 35.0 Å². The van der Waals surface area contributed by atoms with E-state index in [4.69, 9.17) is 0 Å². The third-order valence-corrected chi connectivity index (χ3v) is 7.20. The van der Waals surface area contributed by atoms with Gasteiger partial charge in [0.1, 0.15) is 0 Å². The van der Waals surface area contributed by atoms with Crippen LogP contribution < -0.4 is 0 Å². The summed E-state index contributed by atoms with van der Waals surface area (Å²) in [4.78, 5) is 11.7. The molecule has 3 rings (SSSR count). The Balaban J connectivity index is 1.89. The quantitative estimate of drug-likeness (QED) is 0.665. The van der Waals surface area contributed by atoms with E-state index in [1.54, 1.807) is 0 Å². The fraction of sp³-hybridized carbons (Fsp3) is 0.850. The molecule has 0 saturated heterocycles. The van der Waals surface area contributed by atoms with E-state index in [0.29, 0.717) is 11.2 Å². The molecule has 0 spiro atoms. The van der Waals surface area contributed by atoms with Crippen molar-refractivity contribution in [2.24, 2.45) is 35.0 Å². The molecule has 0 aliphatic heterocycles. The largest absolute Gasteiger partial charge is 0.295 e. The van der Waals surface area contributed by atoms with Crippen LogP contribution in [-0.4, -0.2) is 5.78 Å². The van der Waals surface area contributed by atoms with Gasteiger partial charge in [0.2, 0.25) is 0 Å². The molecule has 0 bridgehead atoms. The summed E-state index contributed by atoms with van der Waals surface area (Å²) >= 11 is 0. The summed E-state index contributed by atoms with van der Waals surface area (Å²) in [6, 6.07) is 0. The summed E-state index contributed by atoms with van der Waals surface area (Å²) < 4.78 is 0. The van der Waals surface area contributed by atoms with E-state index in [0.717, 1.165) is 42.4 Å². The van der Waals surface area contributed by atoms with Gasteiger partial charge in [-0.1, -0.05) is 39.7 Å². The van der Waals surface area contributed by atoms with E-state index < -0.39 is 0 Å². The number of fused-ring (bicyclic) bond motifs is 3. The van der Waals surface area contributed by atoms with Crippen LogP contribution in [0.1, 0.15) is 72.6 Å². The van der Waals surface area contributed by atoms with Crippen molar-refractivity contribution >= 4 is 5.78 Å². The highest BCUT2D eigenvalue weighted by molar-refractivity contribution is 5.91. The first-order chi connectivity index (χ1) is 9.96. The third-order valence-electron chi connectivity index (χ3n) is 7.20. The van der Waals surface area contributed by atoms with Gasteiger partial charge >= 0.3 is 0 Å². The lowest BCUT2D eigenvalue weighted by atomic mass is 9.49. The van der Waals surface area contributed by atoms with Crippen molar-refractivity contribution in [3.05, 3.63) is 11.6 Å². The molecular formula is C20H32O. The number of hydrogen-bond donors (Lipinski definition) is 0. The van der Waals surface area contributed by atoms with Crippen LogP contribution >= 0.6 is 0 Å². The van der Waals surface area contributed by atoms with E-state index in [2.05, 4.69) is 27.7 Å². The van der Waals surface area contributed by atoms with Crippen molar-refractivity contribution in [1.82, 2.24) is 0 Å². The Morgan fingerprint density at radius 2 is 1.95 bits per heavy atom. The number of carbonyl (C=O) groups is 1. The molecule has 0 aromatic heterocycles. The molecule has 1 heteroatoms. The number of hydrogen-bond acceptors (Lipinski definition) is 1. The highest BCUT2D eigenvalue weighted by Crippen LogP contribution is 2.59. The van der Waals surface area contributed by atoms with Crippen LogP contribution in [0.2, 0.25) is 0 Å². The maximum Gasteiger partial charge on any atom is 0.155 e.